The lowest BCUT2D eigenvalue weighted by Crippen LogP contribution is -2.61. The number of para-hydroxylation sites is 2. The number of anilines is 8. The monoisotopic (exact) mass is 885 g/mol. The number of hydrogen-bond acceptors (Lipinski definition) is 3. The third-order valence-corrected chi connectivity index (χ3v) is 14.1. The van der Waals surface area contributed by atoms with Gasteiger partial charge < -0.3 is 14.6 Å². The van der Waals surface area contributed by atoms with Crippen LogP contribution in [0.4, 0.5) is 45.5 Å². The Bertz CT molecular complexity index is 3440. The topological polar surface area (TPSA) is 9.72 Å². The fourth-order valence-corrected chi connectivity index (χ4v) is 10.6. The van der Waals surface area contributed by atoms with Crippen molar-refractivity contribution in [1.29, 1.82) is 0 Å². The minimum Gasteiger partial charge on any atom is -0.376 e. The highest BCUT2D eigenvalue weighted by molar-refractivity contribution is 6.93. The van der Waals surface area contributed by atoms with Crippen LogP contribution in [0, 0.1) is 6.92 Å². The molecule has 10 aromatic rings. The van der Waals surface area contributed by atoms with Crippen molar-refractivity contribution in [1.82, 2.24) is 0 Å². The Kier molecular flexibility index (Phi) is 10.4. The van der Waals surface area contributed by atoms with E-state index < -0.39 is 0 Å². The first kappa shape index (κ1) is 42.0. The van der Waals surface area contributed by atoms with E-state index in [4.69, 9.17) is 0 Å². The summed E-state index contributed by atoms with van der Waals surface area (Å²) in [5, 5.41) is 0. The van der Waals surface area contributed by atoms with Crippen LogP contribution in [0.1, 0.15) is 31.9 Å². The zero-order chi connectivity index (χ0) is 46.6. The molecule has 12 rings (SSSR count). The van der Waals surface area contributed by atoms with Gasteiger partial charge in [0.25, 0.3) is 0 Å². The summed E-state index contributed by atoms with van der Waals surface area (Å²) in [6.45, 7) is 9.16. The number of aryl methyl sites for hydroxylation is 1. The van der Waals surface area contributed by atoms with Crippen LogP contribution in [-0.4, -0.2) is 6.85 Å². The van der Waals surface area contributed by atoms with Gasteiger partial charge in [0.15, 0.2) is 0 Å². The van der Waals surface area contributed by atoms with Crippen LogP contribution in [0.15, 0.2) is 243 Å². The molecule has 0 radical (unpaired) electrons. The van der Waals surface area contributed by atoms with Crippen molar-refractivity contribution in [3.8, 4) is 44.5 Å². The van der Waals surface area contributed by atoms with Crippen LogP contribution in [0.25, 0.3) is 44.5 Å². The Morgan fingerprint density at radius 2 is 0.884 bits per heavy atom. The standard InChI is InChI=1S/C65H52BN3/c1-45-40-50(47-22-12-6-13-23-47)33-39-60(45)68-62-44-56(67(53-26-16-8-17-27-53)54-28-18-9-19-29-54)36-38-59(62)66-64-58(42-52(43-63(64)68)65(2,3)4)57-37-32-51(48-24-14-7-15-25-48)41-61(57)69(66)55-34-30-49(31-35-55)46-20-10-5-11-21-46/h5-44H,1-4H3. The summed E-state index contributed by atoms with van der Waals surface area (Å²) in [5.74, 6) is 0. The van der Waals surface area contributed by atoms with Gasteiger partial charge in [-0.25, -0.2) is 0 Å². The van der Waals surface area contributed by atoms with Crippen molar-refractivity contribution in [2.75, 3.05) is 14.6 Å². The zero-order valence-electron chi connectivity index (χ0n) is 39.5. The number of rotatable bonds is 8. The van der Waals surface area contributed by atoms with Gasteiger partial charge in [0.1, 0.15) is 0 Å². The van der Waals surface area contributed by atoms with Crippen molar-refractivity contribution in [2.45, 2.75) is 33.1 Å². The smallest absolute Gasteiger partial charge is 0.333 e. The molecular formula is C65H52BN3. The van der Waals surface area contributed by atoms with E-state index in [-0.39, 0.29) is 12.3 Å². The van der Waals surface area contributed by atoms with Crippen LogP contribution in [0.2, 0.25) is 0 Å². The van der Waals surface area contributed by atoms with Crippen molar-refractivity contribution < 1.29 is 0 Å². The molecule has 0 aromatic heterocycles. The van der Waals surface area contributed by atoms with Crippen LogP contribution >= 0.6 is 0 Å². The van der Waals surface area contributed by atoms with E-state index in [0.717, 1.165) is 34.1 Å². The summed E-state index contributed by atoms with van der Waals surface area (Å²) < 4.78 is 0. The molecule has 0 bridgehead atoms. The van der Waals surface area contributed by atoms with Gasteiger partial charge >= 0.3 is 6.85 Å². The van der Waals surface area contributed by atoms with Gasteiger partial charge in [-0.05, 0) is 146 Å². The molecular weight excluding hydrogens is 834 g/mol. The van der Waals surface area contributed by atoms with Crippen LogP contribution in [0.3, 0.4) is 0 Å². The van der Waals surface area contributed by atoms with E-state index in [9.17, 15) is 0 Å². The highest BCUT2D eigenvalue weighted by Crippen LogP contribution is 2.51. The molecule has 0 unspecified atom stereocenters. The second-order valence-corrected chi connectivity index (χ2v) is 19.4. The van der Waals surface area contributed by atoms with Crippen molar-refractivity contribution in [3.63, 3.8) is 0 Å². The van der Waals surface area contributed by atoms with E-state index in [0.29, 0.717) is 0 Å². The van der Waals surface area contributed by atoms with Gasteiger partial charge in [0.2, 0.25) is 0 Å². The molecule has 4 heteroatoms. The fraction of sp³-hybridized carbons (Fsp3) is 0.0769. The molecule has 0 spiro atoms. The minimum absolute atomic E-state index is 0.132. The molecule has 0 N–H and O–H groups in total. The largest absolute Gasteiger partial charge is 0.376 e. The molecule has 2 aliphatic heterocycles. The minimum atomic E-state index is -0.156. The molecule has 3 nitrogen and oxygen atoms in total. The number of benzene rings is 10. The molecule has 0 aliphatic carbocycles. The molecule has 0 amide bonds. The maximum absolute atomic E-state index is 2.63. The Balaban J connectivity index is 1.16. The van der Waals surface area contributed by atoms with E-state index in [2.05, 4.69) is 285 Å². The van der Waals surface area contributed by atoms with Crippen LogP contribution < -0.4 is 25.5 Å². The summed E-state index contributed by atoms with van der Waals surface area (Å²) >= 11 is 0. The molecule has 2 aliphatic rings. The van der Waals surface area contributed by atoms with Gasteiger partial charge in [-0.15, -0.1) is 0 Å². The molecule has 10 aromatic carbocycles. The van der Waals surface area contributed by atoms with Gasteiger partial charge in [-0.2, -0.15) is 0 Å². The second kappa shape index (κ2) is 17.1. The third kappa shape index (κ3) is 7.50. The summed E-state index contributed by atoms with van der Waals surface area (Å²) in [5.41, 5.74) is 23.8. The first-order valence-corrected chi connectivity index (χ1v) is 24.1. The summed E-state index contributed by atoms with van der Waals surface area (Å²) in [7, 11) is 0. The van der Waals surface area contributed by atoms with Gasteiger partial charge in [-0.3, -0.25) is 0 Å². The number of fused-ring (bicyclic) bond motifs is 4. The molecule has 0 fully saturated rings. The Morgan fingerprint density at radius 3 is 1.45 bits per heavy atom. The van der Waals surface area contributed by atoms with E-state index in [1.165, 1.54) is 77.9 Å². The third-order valence-electron chi connectivity index (χ3n) is 14.1. The number of hydrogen-bond donors (Lipinski definition) is 0. The zero-order valence-corrected chi connectivity index (χ0v) is 39.5. The predicted octanol–water partition coefficient (Wildman–Crippen LogP) is 16.5. The SMILES string of the molecule is Cc1cc(-c2ccccc2)ccc1N1c2cc(N(c3ccccc3)c3ccccc3)ccc2B2c3c(cc(C(C)(C)C)cc31)-c1ccc(-c3ccccc3)cc1N2c1ccc(-c2ccccc2)cc1. The first-order chi connectivity index (χ1) is 33.8. The summed E-state index contributed by atoms with van der Waals surface area (Å²) in [4.78, 5) is 7.60. The van der Waals surface area contributed by atoms with Crippen LogP contribution in [0.5, 0.6) is 0 Å². The molecule has 0 saturated carbocycles. The van der Waals surface area contributed by atoms with Crippen LogP contribution in [-0.2, 0) is 5.41 Å². The number of nitrogens with zero attached hydrogens (tertiary/aromatic N) is 3. The lowest BCUT2D eigenvalue weighted by Gasteiger charge is -2.47. The van der Waals surface area contributed by atoms with Gasteiger partial charge in [0, 0.05) is 51.1 Å². The maximum Gasteiger partial charge on any atom is 0.333 e. The quantitative estimate of drug-likeness (QED) is 0.141. The normalized spacial score (nSPS) is 12.6. The maximum atomic E-state index is 2.63. The van der Waals surface area contributed by atoms with E-state index in [1.54, 1.807) is 0 Å². The Hall–Kier alpha value is -8.34. The Morgan fingerprint density at radius 1 is 0.377 bits per heavy atom. The van der Waals surface area contributed by atoms with Crippen molar-refractivity contribution in [2.24, 2.45) is 0 Å². The van der Waals surface area contributed by atoms with Gasteiger partial charge in [-0.1, -0.05) is 191 Å². The fourth-order valence-electron chi connectivity index (χ4n) is 10.6. The van der Waals surface area contributed by atoms with Crippen molar-refractivity contribution >= 4 is 63.3 Å². The summed E-state index contributed by atoms with van der Waals surface area (Å²) in [6, 6.07) is 89.3. The summed E-state index contributed by atoms with van der Waals surface area (Å²) in [6.07, 6.45) is 0. The molecule has 2 heterocycles. The highest BCUT2D eigenvalue weighted by atomic mass is 15.2. The molecule has 330 valence electrons. The first-order valence-electron chi connectivity index (χ1n) is 24.1. The Labute approximate surface area is 407 Å². The molecule has 0 atom stereocenters. The predicted molar refractivity (Wildman–Crippen MR) is 295 cm³/mol. The van der Waals surface area contributed by atoms with Gasteiger partial charge in [0.05, 0.1) is 0 Å². The average molecular weight is 886 g/mol. The second-order valence-electron chi connectivity index (χ2n) is 19.4. The van der Waals surface area contributed by atoms with Crippen molar-refractivity contribution in [3.05, 3.63) is 254 Å². The van der Waals surface area contributed by atoms with E-state index >= 15 is 0 Å². The lowest BCUT2D eigenvalue weighted by molar-refractivity contribution is 0.590. The lowest BCUT2D eigenvalue weighted by atomic mass is 9.43. The highest BCUT2D eigenvalue weighted by Gasteiger charge is 2.46. The molecule has 69 heavy (non-hydrogen) atoms. The van der Waals surface area contributed by atoms with E-state index in [1.807, 2.05) is 0 Å². The average Bonchev–Trinajstić information content (AvgIpc) is 3.40. The molecule has 0 saturated heterocycles.